The van der Waals surface area contributed by atoms with Crippen molar-refractivity contribution >= 4 is 11.7 Å². The monoisotopic (exact) mass is 533 g/mol. The quantitative estimate of drug-likeness (QED) is 0.275. The van der Waals surface area contributed by atoms with Crippen molar-refractivity contribution in [2.24, 2.45) is 0 Å². The summed E-state index contributed by atoms with van der Waals surface area (Å²) in [4.78, 5) is 16.1. The van der Waals surface area contributed by atoms with E-state index in [9.17, 15) is 4.79 Å². The minimum atomic E-state index is -0.402. The Morgan fingerprint density at radius 3 is 2.52 bits per heavy atom. The van der Waals surface area contributed by atoms with Gasteiger partial charge < -0.3 is 24.3 Å². The van der Waals surface area contributed by atoms with E-state index in [2.05, 4.69) is 22.9 Å². The first-order valence-corrected chi connectivity index (χ1v) is 13.3. The Hall–Kier alpha value is -4.98. The Bertz CT molecular complexity index is 1660. The summed E-state index contributed by atoms with van der Waals surface area (Å²) in [6, 6.07) is 28.9. The second kappa shape index (κ2) is 10.6. The molecule has 1 N–H and O–H groups in total. The Morgan fingerprint density at radius 1 is 0.950 bits per heavy atom. The maximum absolute atomic E-state index is 14.2. The number of fused-ring (bicyclic) bond motifs is 3. The minimum absolute atomic E-state index is 0.243. The first-order chi connectivity index (χ1) is 19.6. The second-order valence-electron chi connectivity index (χ2n) is 9.59. The van der Waals surface area contributed by atoms with Gasteiger partial charge in [0.2, 0.25) is 0 Å². The number of hydrogen-bond donors (Lipinski definition) is 1. The number of para-hydroxylation sites is 3. The van der Waals surface area contributed by atoms with Crippen LogP contribution in [0.2, 0.25) is 0 Å². The van der Waals surface area contributed by atoms with Crippen LogP contribution in [0, 0.1) is 0 Å². The van der Waals surface area contributed by atoms with E-state index in [0.29, 0.717) is 18.0 Å². The van der Waals surface area contributed by atoms with Gasteiger partial charge in [-0.05, 0) is 60.5 Å². The lowest BCUT2D eigenvalue weighted by Gasteiger charge is -2.31. The Labute approximate surface area is 233 Å². The van der Waals surface area contributed by atoms with Crippen molar-refractivity contribution in [1.29, 1.82) is 0 Å². The molecule has 0 spiro atoms. The molecule has 5 aromatic rings. The predicted molar refractivity (Wildman–Crippen MR) is 155 cm³/mol. The number of carbonyl (C=O) groups excluding carboxylic acids is 1. The van der Waals surface area contributed by atoms with Gasteiger partial charge in [0.05, 0.1) is 49.6 Å². The molecular formula is C32H31N5O3. The van der Waals surface area contributed by atoms with E-state index in [0.717, 1.165) is 46.2 Å². The molecule has 8 nitrogen and oxygen atoms in total. The first kappa shape index (κ1) is 25.3. The predicted octanol–water partition coefficient (Wildman–Crippen LogP) is 6.38. The maximum Gasteiger partial charge on any atom is 0.323 e. The van der Waals surface area contributed by atoms with Crippen molar-refractivity contribution in [2.75, 3.05) is 19.5 Å². The standard InChI is InChI=1S/C32H31N5O3/c1-4-26-25-21-36(32(38)33-27-16-8-9-18-29(27)40-3)30(22-12-10-15-24(20-22)39-2)28-17-11-19-35(28)31(25)37(34-26)23-13-6-5-7-14-23/h5-20,30H,4,21H2,1-3H3,(H,33,38). The van der Waals surface area contributed by atoms with Gasteiger partial charge in [-0.2, -0.15) is 5.10 Å². The van der Waals surface area contributed by atoms with Crippen LogP contribution < -0.4 is 14.8 Å². The zero-order valence-corrected chi connectivity index (χ0v) is 22.7. The molecule has 8 heteroatoms. The highest BCUT2D eigenvalue weighted by atomic mass is 16.5. The fourth-order valence-electron chi connectivity index (χ4n) is 5.45. The summed E-state index contributed by atoms with van der Waals surface area (Å²) in [5.41, 5.74) is 5.40. The molecule has 0 aliphatic carbocycles. The summed E-state index contributed by atoms with van der Waals surface area (Å²) in [5, 5.41) is 8.14. The summed E-state index contributed by atoms with van der Waals surface area (Å²) in [6.07, 6.45) is 2.77. The maximum atomic E-state index is 14.2. The number of anilines is 1. The number of benzene rings is 3. The number of aromatic nitrogens is 3. The van der Waals surface area contributed by atoms with Crippen LogP contribution in [0.15, 0.2) is 97.2 Å². The molecule has 2 amide bonds. The molecule has 1 aliphatic rings. The van der Waals surface area contributed by atoms with Crippen molar-refractivity contribution in [3.05, 3.63) is 120 Å². The largest absolute Gasteiger partial charge is 0.497 e. The molecule has 0 bridgehead atoms. The molecule has 1 atom stereocenters. The van der Waals surface area contributed by atoms with Crippen molar-refractivity contribution in [3.8, 4) is 23.0 Å². The third-order valence-corrected chi connectivity index (χ3v) is 7.32. The van der Waals surface area contributed by atoms with Gasteiger partial charge in [-0.3, -0.25) is 0 Å². The number of carbonyl (C=O) groups is 1. The average Bonchev–Trinajstić information content (AvgIpc) is 3.59. The van der Waals surface area contributed by atoms with Crippen molar-refractivity contribution < 1.29 is 14.3 Å². The van der Waals surface area contributed by atoms with Gasteiger partial charge in [0, 0.05) is 11.8 Å². The Morgan fingerprint density at radius 2 is 1.75 bits per heavy atom. The summed E-state index contributed by atoms with van der Waals surface area (Å²) < 4.78 is 15.2. The number of nitrogens with one attached hydrogen (secondary N) is 1. The van der Waals surface area contributed by atoms with E-state index in [4.69, 9.17) is 14.6 Å². The molecule has 6 rings (SSSR count). The van der Waals surface area contributed by atoms with E-state index < -0.39 is 6.04 Å². The summed E-state index contributed by atoms with van der Waals surface area (Å²) >= 11 is 0. The lowest BCUT2D eigenvalue weighted by molar-refractivity contribution is 0.194. The third kappa shape index (κ3) is 4.37. The van der Waals surface area contributed by atoms with Gasteiger partial charge in [-0.15, -0.1) is 0 Å². The normalized spacial score (nSPS) is 14.2. The number of methoxy groups -OCH3 is 2. The van der Waals surface area contributed by atoms with Crippen molar-refractivity contribution in [1.82, 2.24) is 19.2 Å². The molecule has 202 valence electrons. The van der Waals surface area contributed by atoms with Gasteiger partial charge in [0.25, 0.3) is 0 Å². The summed E-state index contributed by atoms with van der Waals surface area (Å²) in [6.45, 7) is 2.45. The fraction of sp³-hybridized carbons (Fsp3) is 0.188. The van der Waals surface area contributed by atoms with Crippen LogP contribution in [0.4, 0.5) is 10.5 Å². The molecule has 0 saturated carbocycles. The van der Waals surface area contributed by atoms with E-state index in [1.807, 2.05) is 101 Å². The highest BCUT2D eigenvalue weighted by Gasteiger charge is 2.36. The number of rotatable bonds is 6. The molecule has 40 heavy (non-hydrogen) atoms. The fourth-order valence-corrected chi connectivity index (χ4v) is 5.45. The van der Waals surface area contributed by atoms with Gasteiger partial charge in [0.1, 0.15) is 17.3 Å². The van der Waals surface area contributed by atoms with E-state index in [1.54, 1.807) is 14.2 Å². The van der Waals surface area contributed by atoms with E-state index >= 15 is 0 Å². The van der Waals surface area contributed by atoms with Crippen LogP contribution in [-0.4, -0.2) is 39.5 Å². The van der Waals surface area contributed by atoms with Crippen LogP contribution in [0.25, 0.3) is 11.5 Å². The molecule has 0 radical (unpaired) electrons. The zero-order valence-electron chi connectivity index (χ0n) is 22.7. The molecule has 2 aromatic heterocycles. The van der Waals surface area contributed by atoms with Crippen LogP contribution in [-0.2, 0) is 13.0 Å². The van der Waals surface area contributed by atoms with E-state index in [-0.39, 0.29) is 6.03 Å². The topological polar surface area (TPSA) is 73.6 Å². The highest BCUT2D eigenvalue weighted by Crippen LogP contribution is 2.40. The van der Waals surface area contributed by atoms with Crippen LogP contribution in [0.5, 0.6) is 11.5 Å². The first-order valence-electron chi connectivity index (χ1n) is 13.3. The molecule has 3 heterocycles. The molecule has 1 aliphatic heterocycles. The molecule has 0 fully saturated rings. The van der Waals surface area contributed by atoms with E-state index in [1.165, 1.54) is 0 Å². The Kier molecular flexibility index (Phi) is 6.74. The second-order valence-corrected chi connectivity index (χ2v) is 9.59. The number of nitrogens with zero attached hydrogens (tertiary/aromatic N) is 4. The van der Waals surface area contributed by atoms with Gasteiger partial charge in [-0.25, -0.2) is 9.48 Å². The molecule has 0 saturated heterocycles. The smallest absolute Gasteiger partial charge is 0.323 e. The van der Waals surface area contributed by atoms with Gasteiger partial charge in [-0.1, -0.05) is 49.4 Å². The van der Waals surface area contributed by atoms with Crippen molar-refractivity contribution in [2.45, 2.75) is 25.9 Å². The SMILES string of the molecule is CCc1nn(-c2ccccc2)c2c1CN(C(=O)Nc1ccccc1OC)C(c1cccc(OC)c1)c1cccn1-2. The summed E-state index contributed by atoms with van der Waals surface area (Å²) in [5.74, 6) is 2.26. The van der Waals surface area contributed by atoms with Crippen LogP contribution in [0.1, 0.15) is 35.5 Å². The van der Waals surface area contributed by atoms with Gasteiger partial charge >= 0.3 is 6.03 Å². The van der Waals surface area contributed by atoms with Crippen LogP contribution in [0.3, 0.4) is 0 Å². The zero-order chi connectivity index (χ0) is 27.6. The number of urea groups is 1. The molecule has 1 unspecified atom stereocenters. The summed E-state index contributed by atoms with van der Waals surface area (Å²) in [7, 11) is 3.25. The lowest BCUT2D eigenvalue weighted by atomic mass is 10.0. The minimum Gasteiger partial charge on any atom is -0.497 e. The van der Waals surface area contributed by atoms with Gasteiger partial charge in [0.15, 0.2) is 0 Å². The Balaban J connectivity index is 1.56. The molecule has 3 aromatic carbocycles. The number of hydrogen-bond acceptors (Lipinski definition) is 4. The third-order valence-electron chi connectivity index (χ3n) is 7.32. The average molecular weight is 534 g/mol. The highest BCUT2D eigenvalue weighted by molar-refractivity contribution is 5.91. The number of ether oxygens (including phenoxy) is 2. The number of aryl methyl sites for hydroxylation is 1. The van der Waals surface area contributed by atoms with Crippen LogP contribution >= 0.6 is 0 Å². The number of amides is 2. The van der Waals surface area contributed by atoms with Crippen molar-refractivity contribution in [3.63, 3.8) is 0 Å². The lowest BCUT2D eigenvalue weighted by Crippen LogP contribution is -2.38. The molecular weight excluding hydrogens is 502 g/mol.